The second-order valence-electron chi connectivity index (χ2n) is 5.32. The lowest BCUT2D eigenvalue weighted by Crippen LogP contribution is -2.51. The van der Waals surface area contributed by atoms with Gasteiger partial charge in [0, 0.05) is 7.05 Å². The minimum atomic E-state index is -0.772. The Morgan fingerprint density at radius 3 is 2.40 bits per heavy atom. The van der Waals surface area contributed by atoms with Gasteiger partial charge in [-0.15, -0.1) is 0 Å². The predicted molar refractivity (Wildman–Crippen MR) is 75.3 cm³/mol. The molecule has 0 N–H and O–H groups in total. The van der Waals surface area contributed by atoms with Crippen molar-refractivity contribution in [1.29, 1.82) is 0 Å². The van der Waals surface area contributed by atoms with E-state index in [1.807, 2.05) is 19.9 Å². The fourth-order valence-electron chi connectivity index (χ4n) is 2.06. The van der Waals surface area contributed by atoms with Crippen LogP contribution >= 0.6 is 0 Å². The van der Waals surface area contributed by atoms with Crippen molar-refractivity contribution in [1.82, 2.24) is 4.90 Å². The molecule has 1 unspecified atom stereocenters. The average Bonchev–Trinajstić information content (AvgIpc) is 2.65. The maximum atomic E-state index is 12.1. The maximum Gasteiger partial charge on any atom is 0.345 e. The molecule has 106 valence electrons. The lowest BCUT2D eigenvalue weighted by Gasteiger charge is -2.34. The molecule has 1 atom stereocenters. The van der Waals surface area contributed by atoms with E-state index >= 15 is 0 Å². The topological polar surface area (TPSA) is 59.0 Å². The van der Waals surface area contributed by atoms with Gasteiger partial charge in [-0.2, -0.15) is 4.99 Å². The van der Waals surface area contributed by atoms with Gasteiger partial charge in [-0.3, -0.25) is 4.79 Å². The molecule has 0 spiro atoms. The third-order valence-electron chi connectivity index (χ3n) is 3.93. The number of ether oxygens (including phenoxy) is 1. The summed E-state index contributed by atoms with van der Waals surface area (Å²) < 4.78 is 5.24. The summed E-state index contributed by atoms with van der Waals surface area (Å²) in [5, 5.41) is 0. The Kier molecular flexibility index (Phi) is 3.61. The van der Waals surface area contributed by atoms with Crippen LogP contribution in [0, 0.1) is 5.92 Å². The zero-order chi connectivity index (χ0) is 14.9. The minimum Gasteiger partial charge on any atom is -0.388 e. The molecule has 5 nitrogen and oxygen atoms in total. The van der Waals surface area contributed by atoms with Crippen LogP contribution in [0.1, 0.15) is 31.1 Å². The Bertz CT molecular complexity index is 566. The number of benzene rings is 1. The van der Waals surface area contributed by atoms with Crippen LogP contribution in [-0.4, -0.2) is 35.4 Å². The Balaban J connectivity index is 2.18. The van der Waals surface area contributed by atoms with Crippen LogP contribution in [0.2, 0.25) is 0 Å². The number of nitrogens with zero attached hydrogens (tertiary/aromatic N) is 2. The molecule has 0 aliphatic carbocycles. The number of rotatable bonds is 2. The van der Waals surface area contributed by atoms with E-state index in [4.69, 9.17) is 4.74 Å². The molecule has 0 saturated carbocycles. The van der Waals surface area contributed by atoms with Gasteiger partial charge >= 0.3 is 12.0 Å². The van der Waals surface area contributed by atoms with E-state index in [0.717, 1.165) is 0 Å². The fraction of sp³-hybridized carbons (Fsp3) is 0.400. The zero-order valence-electron chi connectivity index (χ0n) is 12.1. The Morgan fingerprint density at radius 2 is 1.90 bits per heavy atom. The third-order valence-corrected chi connectivity index (χ3v) is 3.93. The molecule has 1 aliphatic rings. The summed E-state index contributed by atoms with van der Waals surface area (Å²) in [6.45, 7) is 5.67. The van der Waals surface area contributed by atoms with Crippen molar-refractivity contribution in [3.63, 3.8) is 0 Å². The van der Waals surface area contributed by atoms with E-state index in [1.165, 1.54) is 0 Å². The van der Waals surface area contributed by atoms with Gasteiger partial charge in [0.2, 0.25) is 0 Å². The number of likely N-dealkylation sites (N-methyl/N-ethyl adjacent to an activating group) is 1. The summed E-state index contributed by atoms with van der Waals surface area (Å²) in [4.78, 5) is 29.5. The normalized spacial score (nSPS) is 22.1. The van der Waals surface area contributed by atoms with Gasteiger partial charge < -0.3 is 9.64 Å². The zero-order valence-corrected chi connectivity index (χ0v) is 12.1. The van der Waals surface area contributed by atoms with Crippen molar-refractivity contribution in [2.24, 2.45) is 10.9 Å². The molecule has 2 rings (SSSR count). The number of carbonyl (C=O) groups is 2. The Hall–Kier alpha value is -2.17. The average molecular weight is 274 g/mol. The first-order valence-electron chi connectivity index (χ1n) is 6.51. The van der Waals surface area contributed by atoms with E-state index in [-0.39, 0.29) is 17.8 Å². The fourth-order valence-corrected chi connectivity index (χ4v) is 2.06. The van der Waals surface area contributed by atoms with E-state index < -0.39 is 11.5 Å². The largest absolute Gasteiger partial charge is 0.388 e. The molecule has 20 heavy (non-hydrogen) atoms. The van der Waals surface area contributed by atoms with Gasteiger partial charge in [0.25, 0.3) is 5.91 Å². The van der Waals surface area contributed by atoms with E-state index in [9.17, 15) is 9.59 Å². The highest BCUT2D eigenvalue weighted by Crippen LogP contribution is 2.30. The lowest BCUT2D eigenvalue weighted by atomic mass is 9.87. The molecule has 0 bridgehead atoms. The van der Waals surface area contributed by atoms with Gasteiger partial charge in [0.1, 0.15) is 5.54 Å². The summed E-state index contributed by atoms with van der Waals surface area (Å²) >= 11 is 0. The number of carbonyl (C=O) groups excluding carboxylic acids is 2. The molecule has 0 saturated heterocycles. The number of aliphatic imine (C=N–C) groups is 1. The molecule has 1 aromatic rings. The summed E-state index contributed by atoms with van der Waals surface area (Å²) in [6, 6.07) is 8.68. The highest BCUT2D eigenvalue weighted by Gasteiger charge is 2.48. The minimum absolute atomic E-state index is 0.0525. The van der Waals surface area contributed by atoms with Crippen molar-refractivity contribution in [3.05, 3.63) is 35.9 Å². The number of amides is 1. The quantitative estimate of drug-likeness (QED) is 0.775. The standard InChI is InChI=1S/C15H18N2O3/c1-10(2)15(3)13(19)16-14(17(15)4)20-12(18)11-8-6-5-7-9-11/h5-10H,1-4H3. The van der Waals surface area contributed by atoms with Crippen LogP contribution in [0.25, 0.3) is 0 Å². The smallest absolute Gasteiger partial charge is 0.345 e. The van der Waals surface area contributed by atoms with Crippen LogP contribution in [0.15, 0.2) is 35.3 Å². The first kappa shape index (κ1) is 14.2. The van der Waals surface area contributed by atoms with E-state index in [0.29, 0.717) is 5.56 Å². The SMILES string of the molecule is CC(C)C1(C)C(=O)N=C(OC(=O)c2ccccc2)N1C. The van der Waals surface area contributed by atoms with Crippen molar-refractivity contribution >= 4 is 17.9 Å². The molecule has 5 heteroatoms. The second kappa shape index (κ2) is 5.07. The van der Waals surface area contributed by atoms with Crippen LogP contribution in [0.5, 0.6) is 0 Å². The molecule has 0 aromatic heterocycles. The van der Waals surface area contributed by atoms with Gasteiger partial charge in [-0.05, 0) is 25.0 Å². The van der Waals surface area contributed by atoms with Crippen molar-refractivity contribution < 1.29 is 14.3 Å². The van der Waals surface area contributed by atoms with Crippen LogP contribution < -0.4 is 0 Å². The predicted octanol–water partition coefficient (Wildman–Crippen LogP) is 2.09. The van der Waals surface area contributed by atoms with Gasteiger partial charge in [0.05, 0.1) is 5.56 Å². The molecular formula is C15H18N2O3. The van der Waals surface area contributed by atoms with E-state index in [2.05, 4.69) is 4.99 Å². The molecule has 1 aromatic carbocycles. The van der Waals surface area contributed by atoms with Crippen molar-refractivity contribution in [2.75, 3.05) is 7.05 Å². The van der Waals surface area contributed by atoms with Gasteiger partial charge in [-0.25, -0.2) is 4.79 Å². The van der Waals surface area contributed by atoms with Crippen LogP contribution in [0.3, 0.4) is 0 Å². The lowest BCUT2D eigenvalue weighted by molar-refractivity contribution is -0.126. The first-order valence-corrected chi connectivity index (χ1v) is 6.51. The maximum absolute atomic E-state index is 12.1. The molecule has 1 aliphatic heterocycles. The number of amidine groups is 1. The first-order chi connectivity index (χ1) is 9.37. The second-order valence-corrected chi connectivity index (χ2v) is 5.32. The van der Waals surface area contributed by atoms with Crippen molar-refractivity contribution in [2.45, 2.75) is 26.3 Å². The highest BCUT2D eigenvalue weighted by atomic mass is 16.6. The third kappa shape index (κ3) is 2.19. The summed E-state index contributed by atoms with van der Waals surface area (Å²) in [5.74, 6) is -0.750. The van der Waals surface area contributed by atoms with Gasteiger partial charge in [0.15, 0.2) is 0 Å². The summed E-state index contributed by atoms with van der Waals surface area (Å²) in [7, 11) is 1.71. The number of esters is 1. The van der Waals surface area contributed by atoms with Crippen LogP contribution in [-0.2, 0) is 9.53 Å². The summed E-state index contributed by atoms with van der Waals surface area (Å²) in [6.07, 6.45) is 0. The number of hydrogen-bond donors (Lipinski definition) is 0. The van der Waals surface area contributed by atoms with Crippen molar-refractivity contribution in [3.8, 4) is 0 Å². The molecular weight excluding hydrogens is 256 g/mol. The molecule has 1 amide bonds. The molecule has 0 radical (unpaired) electrons. The highest BCUT2D eigenvalue weighted by molar-refractivity contribution is 6.07. The number of hydrogen-bond acceptors (Lipinski definition) is 4. The Morgan fingerprint density at radius 1 is 1.30 bits per heavy atom. The van der Waals surface area contributed by atoms with E-state index in [1.54, 1.807) is 43.1 Å². The van der Waals surface area contributed by atoms with Gasteiger partial charge in [-0.1, -0.05) is 32.0 Å². The molecule has 1 heterocycles. The Labute approximate surface area is 118 Å². The summed E-state index contributed by atoms with van der Waals surface area (Å²) in [5.41, 5.74) is -0.346. The van der Waals surface area contributed by atoms with Crippen LogP contribution in [0.4, 0.5) is 0 Å². The molecule has 0 fully saturated rings. The monoisotopic (exact) mass is 274 g/mol.